The van der Waals surface area contributed by atoms with Crippen LogP contribution in [0.1, 0.15) is 34.0 Å². The van der Waals surface area contributed by atoms with Gasteiger partial charge in [0, 0.05) is 17.0 Å². The van der Waals surface area contributed by atoms with Gasteiger partial charge in [-0.05, 0) is 54.6 Å². The molecule has 4 rings (SSSR count). The predicted molar refractivity (Wildman–Crippen MR) is 96.6 cm³/mol. The highest BCUT2D eigenvalue weighted by Crippen LogP contribution is 2.35. The first-order valence-corrected chi connectivity index (χ1v) is 9.13. The molecule has 5 heteroatoms. The van der Waals surface area contributed by atoms with Crippen LogP contribution in [0.5, 0.6) is 0 Å². The number of hydrogen-bond acceptors (Lipinski definition) is 3. The highest BCUT2D eigenvalue weighted by Gasteiger charge is 2.30. The van der Waals surface area contributed by atoms with Gasteiger partial charge in [0.05, 0.1) is 11.1 Å². The molecule has 0 saturated heterocycles. The summed E-state index contributed by atoms with van der Waals surface area (Å²) in [6.07, 6.45) is 0.904. The van der Waals surface area contributed by atoms with E-state index in [-0.39, 0.29) is 11.9 Å². The van der Waals surface area contributed by atoms with Crippen molar-refractivity contribution in [3.63, 3.8) is 0 Å². The van der Waals surface area contributed by atoms with Gasteiger partial charge in [-0.1, -0.05) is 23.7 Å². The Kier molecular flexibility index (Phi) is 3.94. The van der Waals surface area contributed by atoms with Crippen molar-refractivity contribution < 1.29 is 9.21 Å². The SMILES string of the molecule is C[C@@H]1c2ccsc2CCN1C(=O)c1ccc(-c2ccccc2Cl)o1. The fourth-order valence-corrected chi connectivity index (χ4v) is 4.38. The van der Waals surface area contributed by atoms with Crippen molar-refractivity contribution in [2.45, 2.75) is 19.4 Å². The molecule has 0 bridgehead atoms. The molecule has 3 nitrogen and oxygen atoms in total. The zero-order valence-corrected chi connectivity index (χ0v) is 14.7. The molecule has 3 aromatic rings. The number of carbonyl (C=O) groups excluding carboxylic acids is 1. The Labute approximate surface area is 149 Å². The van der Waals surface area contributed by atoms with E-state index in [0.29, 0.717) is 16.5 Å². The van der Waals surface area contributed by atoms with Gasteiger partial charge in [0.2, 0.25) is 0 Å². The standard InChI is InChI=1S/C19H16ClNO2S/c1-12-13-9-11-24-18(13)8-10-21(12)19(22)17-7-6-16(23-17)14-4-2-3-5-15(14)20/h2-7,9,11-12H,8,10H2,1H3/t12-/m1/s1. The van der Waals surface area contributed by atoms with E-state index in [1.807, 2.05) is 29.2 Å². The summed E-state index contributed by atoms with van der Waals surface area (Å²) in [6.45, 7) is 2.79. The number of hydrogen-bond donors (Lipinski definition) is 0. The summed E-state index contributed by atoms with van der Waals surface area (Å²) in [7, 11) is 0. The van der Waals surface area contributed by atoms with Crippen LogP contribution in [0.3, 0.4) is 0 Å². The van der Waals surface area contributed by atoms with Crippen molar-refractivity contribution in [3.05, 3.63) is 69.1 Å². The molecule has 1 amide bonds. The van der Waals surface area contributed by atoms with Gasteiger partial charge in [0.1, 0.15) is 5.76 Å². The third-order valence-electron chi connectivity index (χ3n) is 4.49. The summed E-state index contributed by atoms with van der Waals surface area (Å²) in [5.41, 5.74) is 2.04. The van der Waals surface area contributed by atoms with Crippen molar-refractivity contribution in [2.75, 3.05) is 6.54 Å². The molecule has 3 heterocycles. The summed E-state index contributed by atoms with van der Waals surface area (Å²) in [6, 6.07) is 13.2. The van der Waals surface area contributed by atoms with Gasteiger partial charge in [0.25, 0.3) is 5.91 Å². The number of furan rings is 1. The van der Waals surface area contributed by atoms with Crippen molar-refractivity contribution in [3.8, 4) is 11.3 Å². The van der Waals surface area contributed by atoms with Gasteiger partial charge in [-0.3, -0.25) is 4.79 Å². The summed E-state index contributed by atoms with van der Waals surface area (Å²) >= 11 is 7.97. The fraction of sp³-hybridized carbons (Fsp3) is 0.211. The van der Waals surface area contributed by atoms with E-state index in [4.69, 9.17) is 16.0 Å². The fourth-order valence-electron chi connectivity index (χ4n) is 3.19. The first kappa shape index (κ1) is 15.5. The molecule has 1 aliphatic heterocycles. The molecule has 0 N–H and O–H groups in total. The Balaban J connectivity index is 1.61. The van der Waals surface area contributed by atoms with Gasteiger partial charge in [0.15, 0.2) is 5.76 Å². The second-order valence-electron chi connectivity index (χ2n) is 5.87. The van der Waals surface area contributed by atoms with Crippen LogP contribution in [0, 0.1) is 0 Å². The van der Waals surface area contributed by atoms with Crippen molar-refractivity contribution in [2.24, 2.45) is 0 Å². The Morgan fingerprint density at radius 2 is 2.08 bits per heavy atom. The maximum atomic E-state index is 12.9. The molecular weight excluding hydrogens is 342 g/mol. The maximum Gasteiger partial charge on any atom is 0.290 e. The zero-order valence-electron chi connectivity index (χ0n) is 13.2. The lowest BCUT2D eigenvalue weighted by atomic mass is 10.0. The highest BCUT2D eigenvalue weighted by molar-refractivity contribution is 7.10. The average Bonchev–Trinajstić information content (AvgIpc) is 3.25. The number of halogens is 1. The molecule has 0 radical (unpaired) electrons. The van der Waals surface area contributed by atoms with Gasteiger partial charge in [-0.2, -0.15) is 0 Å². The number of thiophene rings is 1. The molecule has 0 fully saturated rings. The minimum Gasteiger partial charge on any atom is -0.451 e. The lowest BCUT2D eigenvalue weighted by Gasteiger charge is -2.33. The maximum absolute atomic E-state index is 12.9. The largest absolute Gasteiger partial charge is 0.451 e. The van der Waals surface area contributed by atoms with Crippen LogP contribution in [0.4, 0.5) is 0 Å². The first-order valence-electron chi connectivity index (χ1n) is 7.87. The van der Waals surface area contributed by atoms with Gasteiger partial charge in [-0.15, -0.1) is 11.3 Å². The number of amides is 1. The minimum atomic E-state index is -0.0716. The second-order valence-corrected chi connectivity index (χ2v) is 7.28. The minimum absolute atomic E-state index is 0.0707. The molecule has 1 aromatic carbocycles. The van der Waals surface area contributed by atoms with Gasteiger partial charge >= 0.3 is 0 Å². The monoisotopic (exact) mass is 357 g/mol. The summed E-state index contributed by atoms with van der Waals surface area (Å²) in [5, 5.41) is 2.71. The van der Waals surface area contributed by atoms with Crippen molar-refractivity contribution >= 4 is 28.8 Å². The van der Waals surface area contributed by atoms with Crippen molar-refractivity contribution in [1.29, 1.82) is 0 Å². The molecule has 1 atom stereocenters. The van der Waals surface area contributed by atoms with E-state index in [1.165, 1.54) is 10.4 Å². The summed E-state index contributed by atoms with van der Waals surface area (Å²) in [5.74, 6) is 0.901. The van der Waals surface area contributed by atoms with E-state index in [1.54, 1.807) is 23.5 Å². The molecule has 0 aliphatic carbocycles. The third kappa shape index (κ3) is 2.56. The highest BCUT2D eigenvalue weighted by atomic mass is 35.5. The first-order chi connectivity index (χ1) is 11.6. The molecule has 1 aliphatic rings. The lowest BCUT2D eigenvalue weighted by molar-refractivity contribution is 0.0647. The molecule has 0 spiro atoms. The third-order valence-corrected chi connectivity index (χ3v) is 5.82. The lowest BCUT2D eigenvalue weighted by Crippen LogP contribution is -2.38. The van der Waals surface area contributed by atoms with E-state index in [2.05, 4.69) is 18.4 Å². The smallest absolute Gasteiger partial charge is 0.290 e. The number of fused-ring (bicyclic) bond motifs is 1. The molecule has 24 heavy (non-hydrogen) atoms. The number of carbonyl (C=O) groups is 1. The quantitative estimate of drug-likeness (QED) is 0.613. The average molecular weight is 358 g/mol. The molecule has 122 valence electrons. The number of benzene rings is 1. The van der Waals surface area contributed by atoms with Crippen LogP contribution >= 0.6 is 22.9 Å². The zero-order chi connectivity index (χ0) is 16.7. The van der Waals surface area contributed by atoms with Gasteiger partial charge in [-0.25, -0.2) is 0 Å². The van der Waals surface area contributed by atoms with E-state index in [9.17, 15) is 4.79 Å². The second kappa shape index (κ2) is 6.11. The van der Waals surface area contributed by atoms with E-state index >= 15 is 0 Å². The van der Waals surface area contributed by atoms with Crippen LogP contribution in [-0.2, 0) is 6.42 Å². The predicted octanol–water partition coefficient (Wildman–Crippen LogP) is 5.42. The Hall–Kier alpha value is -2.04. The molecular formula is C19H16ClNO2S. The van der Waals surface area contributed by atoms with Crippen LogP contribution in [-0.4, -0.2) is 17.4 Å². The van der Waals surface area contributed by atoms with Crippen LogP contribution in [0.15, 0.2) is 52.3 Å². The van der Waals surface area contributed by atoms with Crippen LogP contribution in [0.25, 0.3) is 11.3 Å². The van der Waals surface area contributed by atoms with E-state index in [0.717, 1.165) is 18.5 Å². The molecule has 0 saturated carbocycles. The summed E-state index contributed by atoms with van der Waals surface area (Å²) in [4.78, 5) is 16.1. The Morgan fingerprint density at radius 3 is 2.92 bits per heavy atom. The topological polar surface area (TPSA) is 33.5 Å². The van der Waals surface area contributed by atoms with Crippen LogP contribution < -0.4 is 0 Å². The Morgan fingerprint density at radius 1 is 1.25 bits per heavy atom. The van der Waals surface area contributed by atoms with Gasteiger partial charge < -0.3 is 9.32 Å². The number of rotatable bonds is 2. The summed E-state index contributed by atoms with van der Waals surface area (Å²) < 4.78 is 5.81. The van der Waals surface area contributed by atoms with Crippen molar-refractivity contribution in [1.82, 2.24) is 4.90 Å². The Bertz CT molecular complexity index is 898. The molecule has 0 unspecified atom stereocenters. The number of nitrogens with zero attached hydrogens (tertiary/aromatic N) is 1. The normalized spacial score (nSPS) is 16.9. The van der Waals surface area contributed by atoms with Crippen LogP contribution in [0.2, 0.25) is 5.02 Å². The molecule has 2 aromatic heterocycles. The van der Waals surface area contributed by atoms with E-state index < -0.39 is 0 Å².